The summed E-state index contributed by atoms with van der Waals surface area (Å²) in [5, 5.41) is 2.91. The molecular formula is C21H19NO2. The zero-order chi connectivity index (χ0) is 16.8. The summed E-state index contributed by atoms with van der Waals surface area (Å²) in [5.41, 5.74) is 3.51. The molecule has 1 N–H and O–H groups in total. The van der Waals surface area contributed by atoms with Crippen molar-refractivity contribution in [3.63, 3.8) is 0 Å². The van der Waals surface area contributed by atoms with Crippen LogP contribution in [0.3, 0.4) is 0 Å². The van der Waals surface area contributed by atoms with E-state index in [4.69, 9.17) is 4.74 Å². The summed E-state index contributed by atoms with van der Waals surface area (Å²) in [6.07, 6.45) is 0. The zero-order valence-corrected chi connectivity index (χ0v) is 13.5. The molecule has 1 amide bonds. The van der Waals surface area contributed by atoms with Crippen molar-refractivity contribution in [2.45, 2.75) is 6.92 Å². The lowest BCUT2D eigenvalue weighted by molar-refractivity contribution is 0.102. The Labute approximate surface area is 141 Å². The van der Waals surface area contributed by atoms with Gasteiger partial charge in [0.05, 0.1) is 12.3 Å². The van der Waals surface area contributed by atoms with Crippen LogP contribution in [0.5, 0.6) is 5.75 Å². The number of benzene rings is 3. The first kappa shape index (κ1) is 15.8. The molecule has 3 aromatic carbocycles. The molecule has 0 unspecified atom stereocenters. The van der Waals surface area contributed by atoms with E-state index in [1.165, 1.54) is 0 Å². The van der Waals surface area contributed by atoms with E-state index in [9.17, 15) is 4.79 Å². The lowest BCUT2D eigenvalue weighted by Crippen LogP contribution is -2.12. The average Bonchev–Trinajstić information content (AvgIpc) is 2.64. The second kappa shape index (κ2) is 7.47. The molecule has 0 saturated carbocycles. The Morgan fingerprint density at radius 3 is 2.17 bits per heavy atom. The molecule has 3 rings (SSSR count). The predicted molar refractivity (Wildman–Crippen MR) is 97.4 cm³/mol. The van der Waals surface area contributed by atoms with Gasteiger partial charge in [0.25, 0.3) is 5.91 Å². The minimum absolute atomic E-state index is 0.151. The Kier molecular flexibility index (Phi) is 4.92. The molecule has 0 atom stereocenters. The van der Waals surface area contributed by atoms with Gasteiger partial charge < -0.3 is 10.1 Å². The van der Waals surface area contributed by atoms with Gasteiger partial charge in [0.2, 0.25) is 0 Å². The standard InChI is InChI=1S/C21H19NO2/c1-2-24-20-11-7-6-10-19(20)22-21(23)18-14-12-17(13-15-18)16-8-4-3-5-9-16/h3-15H,2H2,1H3,(H,22,23). The smallest absolute Gasteiger partial charge is 0.255 e. The van der Waals surface area contributed by atoms with Gasteiger partial charge in [-0.15, -0.1) is 0 Å². The molecule has 0 saturated heterocycles. The van der Waals surface area contributed by atoms with E-state index in [0.29, 0.717) is 23.6 Å². The fourth-order valence-corrected chi connectivity index (χ4v) is 2.49. The number of carbonyl (C=O) groups is 1. The Bertz CT molecular complexity index is 811. The maximum Gasteiger partial charge on any atom is 0.255 e. The quantitative estimate of drug-likeness (QED) is 0.719. The molecule has 0 spiro atoms. The summed E-state index contributed by atoms with van der Waals surface area (Å²) >= 11 is 0. The summed E-state index contributed by atoms with van der Waals surface area (Å²) in [6, 6.07) is 25.1. The van der Waals surface area contributed by atoms with Crippen LogP contribution in [0.4, 0.5) is 5.69 Å². The van der Waals surface area contributed by atoms with Crippen molar-refractivity contribution in [2.24, 2.45) is 0 Å². The number of amides is 1. The van der Waals surface area contributed by atoms with Crippen LogP contribution >= 0.6 is 0 Å². The van der Waals surface area contributed by atoms with Crippen LogP contribution in [0.15, 0.2) is 78.9 Å². The first-order valence-corrected chi connectivity index (χ1v) is 7.96. The van der Waals surface area contributed by atoms with Gasteiger partial charge >= 0.3 is 0 Å². The van der Waals surface area contributed by atoms with E-state index in [-0.39, 0.29) is 5.91 Å². The molecule has 0 aliphatic heterocycles. The highest BCUT2D eigenvalue weighted by Crippen LogP contribution is 2.25. The Morgan fingerprint density at radius 2 is 1.46 bits per heavy atom. The minimum atomic E-state index is -0.151. The van der Waals surface area contributed by atoms with Gasteiger partial charge in [-0.25, -0.2) is 0 Å². The van der Waals surface area contributed by atoms with Crippen molar-refractivity contribution in [3.8, 4) is 16.9 Å². The van der Waals surface area contributed by atoms with E-state index >= 15 is 0 Å². The van der Waals surface area contributed by atoms with Crippen LogP contribution in [0, 0.1) is 0 Å². The lowest BCUT2D eigenvalue weighted by Gasteiger charge is -2.11. The van der Waals surface area contributed by atoms with Crippen LogP contribution in [-0.2, 0) is 0 Å². The maximum atomic E-state index is 12.5. The summed E-state index contributed by atoms with van der Waals surface area (Å²) in [7, 11) is 0. The normalized spacial score (nSPS) is 10.2. The maximum absolute atomic E-state index is 12.5. The first-order valence-electron chi connectivity index (χ1n) is 7.96. The predicted octanol–water partition coefficient (Wildman–Crippen LogP) is 5.00. The third-order valence-corrected chi connectivity index (χ3v) is 3.69. The Morgan fingerprint density at radius 1 is 0.833 bits per heavy atom. The number of hydrogen-bond acceptors (Lipinski definition) is 2. The summed E-state index contributed by atoms with van der Waals surface area (Å²) in [4.78, 5) is 12.5. The van der Waals surface area contributed by atoms with E-state index in [0.717, 1.165) is 11.1 Å². The van der Waals surface area contributed by atoms with Crippen LogP contribution < -0.4 is 10.1 Å². The van der Waals surface area contributed by atoms with Crippen LogP contribution in [0.2, 0.25) is 0 Å². The summed E-state index contributed by atoms with van der Waals surface area (Å²) < 4.78 is 5.54. The van der Waals surface area contributed by atoms with Gasteiger partial charge in [0.1, 0.15) is 5.75 Å². The summed E-state index contributed by atoms with van der Waals surface area (Å²) in [6.45, 7) is 2.47. The molecule has 120 valence electrons. The molecule has 3 heteroatoms. The van der Waals surface area contributed by atoms with E-state index in [2.05, 4.69) is 5.32 Å². The molecule has 0 aliphatic carbocycles. The van der Waals surface area contributed by atoms with Crippen LogP contribution in [0.1, 0.15) is 17.3 Å². The van der Waals surface area contributed by atoms with E-state index in [1.807, 2.05) is 85.8 Å². The van der Waals surface area contributed by atoms with Crippen LogP contribution in [-0.4, -0.2) is 12.5 Å². The van der Waals surface area contributed by atoms with Crippen molar-refractivity contribution in [2.75, 3.05) is 11.9 Å². The van der Waals surface area contributed by atoms with Gasteiger partial charge in [0.15, 0.2) is 0 Å². The number of ether oxygens (including phenoxy) is 1. The Balaban J connectivity index is 1.76. The molecule has 24 heavy (non-hydrogen) atoms. The number of anilines is 1. The average molecular weight is 317 g/mol. The molecule has 0 aromatic heterocycles. The zero-order valence-electron chi connectivity index (χ0n) is 13.5. The number of para-hydroxylation sites is 2. The third-order valence-electron chi connectivity index (χ3n) is 3.69. The molecule has 0 radical (unpaired) electrons. The highest BCUT2D eigenvalue weighted by molar-refractivity contribution is 6.05. The van der Waals surface area contributed by atoms with Gasteiger partial charge in [-0.05, 0) is 42.3 Å². The number of hydrogen-bond donors (Lipinski definition) is 1. The number of carbonyl (C=O) groups excluding carboxylic acids is 1. The van der Waals surface area contributed by atoms with E-state index in [1.54, 1.807) is 0 Å². The number of rotatable bonds is 5. The van der Waals surface area contributed by atoms with Crippen molar-refractivity contribution in [1.29, 1.82) is 0 Å². The highest BCUT2D eigenvalue weighted by Gasteiger charge is 2.09. The van der Waals surface area contributed by atoms with Crippen molar-refractivity contribution >= 4 is 11.6 Å². The molecule has 0 aliphatic rings. The monoisotopic (exact) mass is 317 g/mol. The second-order valence-corrected chi connectivity index (χ2v) is 5.33. The molecule has 0 bridgehead atoms. The molecule has 0 heterocycles. The Hall–Kier alpha value is -3.07. The third kappa shape index (κ3) is 3.63. The van der Waals surface area contributed by atoms with Crippen molar-refractivity contribution < 1.29 is 9.53 Å². The summed E-state index contributed by atoms with van der Waals surface area (Å²) in [5.74, 6) is 0.524. The van der Waals surface area contributed by atoms with Gasteiger partial charge in [-0.3, -0.25) is 4.79 Å². The van der Waals surface area contributed by atoms with Crippen molar-refractivity contribution in [1.82, 2.24) is 0 Å². The minimum Gasteiger partial charge on any atom is -0.492 e. The van der Waals surface area contributed by atoms with Crippen LogP contribution in [0.25, 0.3) is 11.1 Å². The molecule has 3 aromatic rings. The highest BCUT2D eigenvalue weighted by atomic mass is 16.5. The molecule has 3 nitrogen and oxygen atoms in total. The van der Waals surface area contributed by atoms with Gasteiger partial charge in [-0.2, -0.15) is 0 Å². The molecular weight excluding hydrogens is 298 g/mol. The van der Waals surface area contributed by atoms with Crippen molar-refractivity contribution in [3.05, 3.63) is 84.4 Å². The van der Waals surface area contributed by atoms with E-state index < -0.39 is 0 Å². The topological polar surface area (TPSA) is 38.3 Å². The second-order valence-electron chi connectivity index (χ2n) is 5.33. The number of nitrogens with one attached hydrogen (secondary N) is 1. The fourth-order valence-electron chi connectivity index (χ4n) is 2.49. The largest absolute Gasteiger partial charge is 0.492 e. The first-order chi connectivity index (χ1) is 11.8. The lowest BCUT2D eigenvalue weighted by atomic mass is 10.0. The molecule has 0 fully saturated rings. The SMILES string of the molecule is CCOc1ccccc1NC(=O)c1ccc(-c2ccccc2)cc1. The van der Waals surface area contributed by atoms with Gasteiger partial charge in [-0.1, -0.05) is 54.6 Å². The fraction of sp³-hybridized carbons (Fsp3) is 0.0952. The van der Waals surface area contributed by atoms with Gasteiger partial charge in [0, 0.05) is 5.56 Å².